The zero-order valence-corrected chi connectivity index (χ0v) is 14.7. The van der Waals surface area contributed by atoms with Crippen molar-refractivity contribution in [3.8, 4) is 0 Å². The van der Waals surface area contributed by atoms with Crippen LogP contribution in [0.3, 0.4) is 0 Å². The van der Waals surface area contributed by atoms with Gasteiger partial charge < -0.3 is 10.4 Å². The molecule has 1 saturated carbocycles. The Balaban J connectivity index is 1.91. The SMILES string of the molecule is CCn1nc(C)c2c(C(=O)NCC3(CO)CCCC3)cc(C)nc21. The van der Waals surface area contributed by atoms with E-state index in [2.05, 4.69) is 15.4 Å². The van der Waals surface area contributed by atoms with Gasteiger partial charge in [-0.25, -0.2) is 9.67 Å². The number of pyridine rings is 1. The van der Waals surface area contributed by atoms with E-state index in [1.807, 2.05) is 31.5 Å². The van der Waals surface area contributed by atoms with Crippen molar-refractivity contribution in [3.63, 3.8) is 0 Å². The first kappa shape index (κ1) is 16.9. The summed E-state index contributed by atoms with van der Waals surface area (Å²) < 4.78 is 1.83. The summed E-state index contributed by atoms with van der Waals surface area (Å²) in [4.78, 5) is 17.4. The van der Waals surface area contributed by atoms with Crippen LogP contribution in [0.1, 0.15) is 54.4 Å². The van der Waals surface area contributed by atoms with Gasteiger partial charge in [0.1, 0.15) is 0 Å². The molecule has 0 aromatic carbocycles. The van der Waals surface area contributed by atoms with Crippen molar-refractivity contribution >= 4 is 16.9 Å². The van der Waals surface area contributed by atoms with Crippen LogP contribution in [0.25, 0.3) is 11.0 Å². The van der Waals surface area contributed by atoms with E-state index in [0.29, 0.717) is 12.1 Å². The van der Waals surface area contributed by atoms with Crippen molar-refractivity contribution in [2.24, 2.45) is 5.41 Å². The summed E-state index contributed by atoms with van der Waals surface area (Å²) in [5.74, 6) is -0.107. The number of nitrogens with one attached hydrogen (secondary N) is 1. The summed E-state index contributed by atoms with van der Waals surface area (Å²) in [5, 5.41) is 18.1. The van der Waals surface area contributed by atoms with Crippen LogP contribution >= 0.6 is 0 Å². The number of aliphatic hydroxyl groups is 1. The van der Waals surface area contributed by atoms with E-state index in [1.54, 1.807) is 0 Å². The third-order valence-corrected chi connectivity index (χ3v) is 5.17. The predicted molar refractivity (Wildman–Crippen MR) is 93.0 cm³/mol. The lowest BCUT2D eigenvalue weighted by Gasteiger charge is -2.26. The standard InChI is InChI=1S/C18H26N4O2/c1-4-22-16-15(13(3)21-22)14(9-12(2)20-16)17(24)19-10-18(11-23)7-5-6-8-18/h9,23H,4-8,10-11H2,1-3H3,(H,19,24). The second kappa shape index (κ2) is 6.51. The lowest BCUT2D eigenvalue weighted by atomic mass is 9.87. The molecule has 2 aromatic rings. The van der Waals surface area contributed by atoms with Crippen molar-refractivity contribution in [1.29, 1.82) is 0 Å². The quantitative estimate of drug-likeness (QED) is 0.882. The molecule has 0 aliphatic heterocycles. The number of aryl methyl sites for hydroxylation is 3. The molecule has 3 rings (SSSR count). The number of hydrogen-bond donors (Lipinski definition) is 2. The van der Waals surface area contributed by atoms with Crippen LogP contribution in [0.5, 0.6) is 0 Å². The maximum absolute atomic E-state index is 12.8. The molecule has 0 bridgehead atoms. The van der Waals surface area contributed by atoms with Gasteiger partial charge in [0.05, 0.1) is 23.3 Å². The molecule has 24 heavy (non-hydrogen) atoms. The number of hydrogen-bond acceptors (Lipinski definition) is 4. The zero-order valence-electron chi connectivity index (χ0n) is 14.7. The first-order chi connectivity index (χ1) is 11.5. The molecule has 0 radical (unpaired) electrons. The van der Waals surface area contributed by atoms with Gasteiger partial charge in [0.15, 0.2) is 5.65 Å². The second-order valence-corrected chi connectivity index (χ2v) is 6.96. The van der Waals surface area contributed by atoms with E-state index >= 15 is 0 Å². The smallest absolute Gasteiger partial charge is 0.252 e. The average Bonchev–Trinajstić information content (AvgIpc) is 3.17. The summed E-state index contributed by atoms with van der Waals surface area (Å²) in [6.07, 6.45) is 4.19. The molecule has 0 unspecified atom stereocenters. The molecule has 6 heteroatoms. The Morgan fingerprint density at radius 2 is 2.08 bits per heavy atom. The average molecular weight is 330 g/mol. The Kier molecular flexibility index (Phi) is 4.58. The number of carbonyl (C=O) groups excluding carboxylic acids is 1. The molecule has 1 aliphatic carbocycles. The van der Waals surface area contributed by atoms with E-state index in [1.165, 1.54) is 0 Å². The monoisotopic (exact) mass is 330 g/mol. The van der Waals surface area contributed by atoms with Gasteiger partial charge in [-0.1, -0.05) is 12.8 Å². The Morgan fingerprint density at radius 1 is 1.38 bits per heavy atom. The highest BCUT2D eigenvalue weighted by Crippen LogP contribution is 2.37. The minimum Gasteiger partial charge on any atom is -0.396 e. The van der Waals surface area contributed by atoms with Crippen LogP contribution in [0, 0.1) is 19.3 Å². The molecular formula is C18H26N4O2. The lowest BCUT2D eigenvalue weighted by molar-refractivity contribution is 0.0882. The largest absolute Gasteiger partial charge is 0.396 e. The number of aliphatic hydroxyl groups excluding tert-OH is 1. The summed E-state index contributed by atoms with van der Waals surface area (Å²) in [6, 6.07) is 1.83. The number of carbonyl (C=O) groups is 1. The van der Waals surface area contributed by atoms with Crippen LogP contribution in [0.2, 0.25) is 0 Å². The van der Waals surface area contributed by atoms with Crippen LogP contribution in [0.15, 0.2) is 6.07 Å². The number of nitrogens with zero attached hydrogens (tertiary/aromatic N) is 3. The second-order valence-electron chi connectivity index (χ2n) is 6.96. The van der Waals surface area contributed by atoms with Crippen molar-refractivity contribution in [2.45, 2.75) is 53.0 Å². The van der Waals surface area contributed by atoms with Gasteiger partial charge in [0.25, 0.3) is 5.91 Å². The first-order valence-electron chi connectivity index (χ1n) is 8.73. The van der Waals surface area contributed by atoms with Crippen molar-refractivity contribution in [3.05, 3.63) is 23.0 Å². The molecule has 1 fully saturated rings. The molecule has 6 nitrogen and oxygen atoms in total. The summed E-state index contributed by atoms with van der Waals surface area (Å²) in [7, 11) is 0. The minimum atomic E-state index is -0.153. The van der Waals surface area contributed by atoms with E-state index in [-0.39, 0.29) is 17.9 Å². The van der Waals surface area contributed by atoms with Gasteiger partial charge >= 0.3 is 0 Å². The third-order valence-electron chi connectivity index (χ3n) is 5.17. The Hall–Kier alpha value is -1.95. The molecule has 2 aromatic heterocycles. The Bertz CT molecular complexity index is 760. The van der Waals surface area contributed by atoms with Crippen molar-refractivity contribution in [1.82, 2.24) is 20.1 Å². The van der Waals surface area contributed by atoms with Crippen LogP contribution < -0.4 is 5.32 Å². The zero-order chi connectivity index (χ0) is 17.3. The van der Waals surface area contributed by atoms with Gasteiger partial charge in [-0.3, -0.25) is 4.79 Å². The minimum absolute atomic E-state index is 0.107. The van der Waals surface area contributed by atoms with Gasteiger partial charge in [0, 0.05) is 24.2 Å². The summed E-state index contributed by atoms with van der Waals surface area (Å²) >= 11 is 0. The molecule has 2 heterocycles. The number of rotatable bonds is 5. The fraction of sp³-hybridized carbons (Fsp3) is 0.611. The molecule has 1 amide bonds. The fourth-order valence-electron chi connectivity index (χ4n) is 3.76. The molecule has 0 atom stereocenters. The molecule has 0 saturated heterocycles. The van der Waals surface area contributed by atoms with Gasteiger partial charge in [-0.15, -0.1) is 0 Å². The highest BCUT2D eigenvalue weighted by atomic mass is 16.3. The molecular weight excluding hydrogens is 304 g/mol. The first-order valence-corrected chi connectivity index (χ1v) is 8.73. The number of aromatic nitrogens is 3. The predicted octanol–water partition coefficient (Wildman–Crippen LogP) is 2.35. The lowest BCUT2D eigenvalue weighted by Crippen LogP contribution is -2.38. The summed E-state index contributed by atoms with van der Waals surface area (Å²) in [6.45, 7) is 7.19. The highest BCUT2D eigenvalue weighted by Gasteiger charge is 2.33. The van der Waals surface area contributed by atoms with E-state index in [4.69, 9.17) is 0 Å². The van der Waals surface area contributed by atoms with E-state index in [9.17, 15) is 9.90 Å². The maximum atomic E-state index is 12.8. The third kappa shape index (κ3) is 2.90. The van der Waals surface area contributed by atoms with Crippen molar-refractivity contribution in [2.75, 3.05) is 13.2 Å². The molecule has 1 aliphatic rings. The molecule has 0 spiro atoms. The van der Waals surface area contributed by atoms with Gasteiger partial charge in [-0.05, 0) is 39.7 Å². The number of amides is 1. The van der Waals surface area contributed by atoms with E-state index < -0.39 is 0 Å². The maximum Gasteiger partial charge on any atom is 0.252 e. The fourth-order valence-corrected chi connectivity index (χ4v) is 3.76. The highest BCUT2D eigenvalue weighted by molar-refractivity contribution is 6.06. The van der Waals surface area contributed by atoms with Crippen molar-refractivity contribution < 1.29 is 9.90 Å². The Labute approximate surface area is 142 Å². The normalized spacial score (nSPS) is 16.7. The summed E-state index contributed by atoms with van der Waals surface area (Å²) in [5.41, 5.74) is 2.86. The van der Waals surface area contributed by atoms with Crippen LogP contribution in [-0.4, -0.2) is 38.9 Å². The molecule has 2 N–H and O–H groups in total. The van der Waals surface area contributed by atoms with Gasteiger partial charge in [0.2, 0.25) is 0 Å². The van der Waals surface area contributed by atoms with Gasteiger partial charge in [-0.2, -0.15) is 5.10 Å². The van der Waals surface area contributed by atoms with Crippen LogP contribution in [-0.2, 0) is 6.54 Å². The molecule has 130 valence electrons. The van der Waals surface area contributed by atoms with E-state index in [0.717, 1.165) is 54.6 Å². The Morgan fingerprint density at radius 3 is 2.71 bits per heavy atom. The number of fused-ring (bicyclic) bond motifs is 1. The van der Waals surface area contributed by atoms with Crippen LogP contribution in [0.4, 0.5) is 0 Å². The topological polar surface area (TPSA) is 80.0 Å².